The van der Waals surface area contributed by atoms with Gasteiger partial charge in [0.05, 0.1) is 19.5 Å². The summed E-state index contributed by atoms with van der Waals surface area (Å²) in [6, 6.07) is 14.7. The van der Waals surface area contributed by atoms with E-state index in [0.29, 0.717) is 29.9 Å². The lowest BCUT2D eigenvalue weighted by Gasteiger charge is -2.15. The minimum Gasteiger partial charge on any atom is -0.497 e. The first-order valence-corrected chi connectivity index (χ1v) is 11.4. The van der Waals surface area contributed by atoms with E-state index in [0.717, 1.165) is 17.2 Å². The van der Waals surface area contributed by atoms with Crippen molar-refractivity contribution in [3.63, 3.8) is 0 Å². The highest BCUT2D eigenvalue weighted by Gasteiger charge is 2.19. The summed E-state index contributed by atoms with van der Waals surface area (Å²) in [6.07, 6.45) is -0.303. The summed E-state index contributed by atoms with van der Waals surface area (Å²) in [5.41, 5.74) is 0.721. The van der Waals surface area contributed by atoms with Crippen LogP contribution >= 0.6 is 11.8 Å². The predicted octanol–water partition coefficient (Wildman–Crippen LogP) is 4.58. The molecule has 0 spiro atoms. The Hall–Kier alpha value is -3.20. The van der Waals surface area contributed by atoms with Crippen LogP contribution in [0.4, 0.5) is 5.69 Å². The van der Waals surface area contributed by atoms with Crippen molar-refractivity contribution in [1.29, 1.82) is 0 Å². The number of nitrogens with zero attached hydrogens (tertiary/aromatic N) is 3. The maximum absolute atomic E-state index is 12.4. The molecule has 1 unspecified atom stereocenters. The molecule has 1 amide bonds. The molecule has 3 aromatic rings. The van der Waals surface area contributed by atoms with Crippen LogP contribution in [0.25, 0.3) is 0 Å². The third-order valence-electron chi connectivity index (χ3n) is 4.58. The number of aromatic nitrogens is 3. The molecule has 0 saturated heterocycles. The highest BCUT2D eigenvalue weighted by Crippen LogP contribution is 2.26. The molecule has 170 valence electrons. The Morgan fingerprint density at radius 3 is 2.31 bits per heavy atom. The summed E-state index contributed by atoms with van der Waals surface area (Å²) in [5.74, 6) is 3.07. The van der Waals surface area contributed by atoms with Crippen molar-refractivity contribution in [3.05, 3.63) is 54.4 Å². The average Bonchev–Trinajstić information content (AvgIpc) is 3.23. The van der Waals surface area contributed by atoms with Crippen molar-refractivity contribution in [3.8, 4) is 17.2 Å². The molecule has 0 radical (unpaired) electrons. The van der Waals surface area contributed by atoms with E-state index in [1.54, 1.807) is 7.11 Å². The third kappa shape index (κ3) is 6.16. The SMILES string of the molecule is CCOc1ccc(NC(=O)CSc2nnc(C(C)Oc3ccc(OC)cc3)n2CC)cc1. The number of anilines is 1. The molecule has 0 aliphatic rings. The predicted molar refractivity (Wildman–Crippen MR) is 125 cm³/mol. The van der Waals surface area contributed by atoms with E-state index in [-0.39, 0.29) is 17.8 Å². The van der Waals surface area contributed by atoms with E-state index < -0.39 is 0 Å². The molecule has 9 heteroatoms. The summed E-state index contributed by atoms with van der Waals surface area (Å²) in [6.45, 7) is 7.14. The molecular formula is C23H28N4O4S. The van der Waals surface area contributed by atoms with Crippen molar-refractivity contribution in [1.82, 2.24) is 14.8 Å². The second-order valence-electron chi connectivity index (χ2n) is 6.81. The summed E-state index contributed by atoms with van der Waals surface area (Å²) in [7, 11) is 1.62. The van der Waals surface area contributed by atoms with Crippen molar-refractivity contribution in [2.24, 2.45) is 0 Å². The van der Waals surface area contributed by atoms with Gasteiger partial charge >= 0.3 is 0 Å². The summed E-state index contributed by atoms with van der Waals surface area (Å²) < 4.78 is 18.6. The molecule has 32 heavy (non-hydrogen) atoms. The number of hydrogen-bond acceptors (Lipinski definition) is 7. The van der Waals surface area contributed by atoms with Crippen LogP contribution in [0.1, 0.15) is 32.7 Å². The zero-order valence-corrected chi connectivity index (χ0v) is 19.5. The molecule has 2 aromatic carbocycles. The zero-order valence-electron chi connectivity index (χ0n) is 18.7. The highest BCUT2D eigenvalue weighted by molar-refractivity contribution is 7.99. The smallest absolute Gasteiger partial charge is 0.234 e. The van der Waals surface area contributed by atoms with E-state index in [1.165, 1.54) is 11.8 Å². The number of rotatable bonds is 11. The van der Waals surface area contributed by atoms with Gasteiger partial charge in [-0.05, 0) is 69.3 Å². The Kier molecular flexibility index (Phi) is 8.38. The number of carbonyl (C=O) groups excluding carboxylic acids is 1. The number of amides is 1. The molecule has 8 nitrogen and oxygen atoms in total. The summed E-state index contributed by atoms with van der Waals surface area (Å²) in [5, 5.41) is 12.1. The number of hydrogen-bond donors (Lipinski definition) is 1. The molecule has 0 bridgehead atoms. The van der Waals surface area contributed by atoms with Crippen LogP contribution in [0.5, 0.6) is 17.2 Å². The fraction of sp³-hybridized carbons (Fsp3) is 0.348. The van der Waals surface area contributed by atoms with E-state index in [1.807, 2.05) is 73.9 Å². The Morgan fingerprint density at radius 1 is 1.03 bits per heavy atom. The Morgan fingerprint density at radius 2 is 1.69 bits per heavy atom. The first-order valence-electron chi connectivity index (χ1n) is 10.4. The topological polar surface area (TPSA) is 87.5 Å². The van der Waals surface area contributed by atoms with Crippen LogP contribution in [0.2, 0.25) is 0 Å². The number of thioether (sulfide) groups is 1. The van der Waals surface area contributed by atoms with Gasteiger partial charge in [0.15, 0.2) is 17.1 Å². The zero-order chi connectivity index (χ0) is 22.9. The Balaban J connectivity index is 1.58. The van der Waals surface area contributed by atoms with E-state index in [9.17, 15) is 4.79 Å². The number of ether oxygens (including phenoxy) is 3. The van der Waals surface area contributed by atoms with Crippen LogP contribution in [0.3, 0.4) is 0 Å². The van der Waals surface area contributed by atoms with Gasteiger partial charge < -0.3 is 24.1 Å². The van der Waals surface area contributed by atoms with Crippen LogP contribution in [-0.2, 0) is 11.3 Å². The van der Waals surface area contributed by atoms with Crippen LogP contribution in [0.15, 0.2) is 53.7 Å². The lowest BCUT2D eigenvalue weighted by atomic mass is 10.3. The van der Waals surface area contributed by atoms with Gasteiger partial charge in [0.25, 0.3) is 0 Å². The van der Waals surface area contributed by atoms with Gasteiger partial charge in [0.2, 0.25) is 5.91 Å². The van der Waals surface area contributed by atoms with Gasteiger partial charge in [-0.1, -0.05) is 11.8 Å². The van der Waals surface area contributed by atoms with Crippen molar-refractivity contribution in [2.75, 3.05) is 24.8 Å². The van der Waals surface area contributed by atoms with Crippen molar-refractivity contribution < 1.29 is 19.0 Å². The third-order valence-corrected chi connectivity index (χ3v) is 5.55. The van der Waals surface area contributed by atoms with Gasteiger partial charge in [-0.25, -0.2) is 0 Å². The molecule has 1 heterocycles. The molecule has 0 aliphatic heterocycles. The molecule has 3 rings (SSSR count). The van der Waals surface area contributed by atoms with Gasteiger partial charge in [-0.3, -0.25) is 4.79 Å². The Labute approximate surface area is 192 Å². The lowest BCUT2D eigenvalue weighted by Crippen LogP contribution is -2.15. The standard InChI is InChI=1S/C23H28N4O4S/c1-5-27-22(16(3)31-20-13-11-18(29-4)12-14-20)25-26-23(27)32-15-21(28)24-17-7-9-19(10-8-17)30-6-2/h7-14,16H,5-6,15H2,1-4H3,(H,24,28). The molecular weight excluding hydrogens is 428 g/mol. The largest absolute Gasteiger partial charge is 0.497 e. The molecule has 0 aliphatic carbocycles. The highest BCUT2D eigenvalue weighted by atomic mass is 32.2. The molecule has 0 saturated carbocycles. The fourth-order valence-electron chi connectivity index (χ4n) is 3.04. The summed E-state index contributed by atoms with van der Waals surface area (Å²) >= 11 is 1.34. The van der Waals surface area contributed by atoms with Crippen LogP contribution < -0.4 is 19.5 Å². The normalized spacial score (nSPS) is 11.6. The van der Waals surface area contributed by atoms with Gasteiger partial charge in [0, 0.05) is 12.2 Å². The maximum atomic E-state index is 12.4. The van der Waals surface area contributed by atoms with Gasteiger partial charge in [-0.15, -0.1) is 10.2 Å². The molecule has 0 fully saturated rings. The number of nitrogens with one attached hydrogen (secondary N) is 1. The van der Waals surface area contributed by atoms with Gasteiger partial charge in [0.1, 0.15) is 17.2 Å². The minimum absolute atomic E-state index is 0.117. The summed E-state index contributed by atoms with van der Waals surface area (Å²) in [4.78, 5) is 12.4. The van der Waals surface area contributed by atoms with Crippen molar-refractivity contribution in [2.45, 2.75) is 38.6 Å². The van der Waals surface area contributed by atoms with E-state index >= 15 is 0 Å². The molecule has 1 atom stereocenters. The number of benzene rings is 2. The second kappa shape index (κ2) is 11.4. The second-order valence-corrected chi connectivity index (χ2v) is 7.76. The van der Waals surface area contributed by atoms with Crippen molar-refractivity contribution >= 4 is 23.4 Å². The first kappa shape index (κ1) is 23.5. The fourth-order valence-corrected chi connectivity index (χ4v) is 3.85. The average molecular weight is 457 g/mol. The van der Waals surface area contributed by atoms with Crippen LogP contribution in [-0.4, -0.2) is 40.1 Å². The minimum atomic E-state index is -0.303. The maximum Gasteiger partial charge on any atom is 0.234 e. The molecule has 1 aromatic heterocycles. The van der Waals surface area contributed by atoms with E-state index in [2.05, 4.69) is 15.5 Å². The lowest BCUT2D eigenvalue weighted by molar-refractivity contribution is -0.113. The number of methoxy groups -OCH3 is 1. The monoisotopic (exact) mass is 456 g/mol. The first-order chi connectivity index (χ1) is 15.5. The van der Waals surface area contributed by atoms with Crippen LogP contribution in [0, 0.1) is 0 Å². The van der Waals surface area contributed by atoms with E-state index in [4.69, 9.17) is 14.2 Å². The Bertz CT molecular complexity index is 1010. The van der Waals surface area contributed by atoms with Gasteiger partial charge in [-0.2, -0.15) is 0 Å². The molecule has 1 N–H and O–H groups in total. The quantitative estimate of drug-likeness (QED) is 0.423. The number of carbonyl (C=O) groups is 1.